The van der Waals surface area contributed by atoms with Crippen molar-refractivity contribution >= 4 is 57.1 Å². The van der Waals surface area contributed by atoms with Gasteiger partial charge in [0, 0.05) is 0 Å². The molecule has 80 valence electrons. The van der Waals surface area contributed by atoms with E-state index in [0.29, 0.717) is 0 Å². The Balaban J connectivity index is 1.90. The summed E-state index contributed by atoms with van der Waals surface area (Å²) in [4.78, 5) is 2.25. The van der Waals surface area contributed by atoms with Crippen LogP contribution in [0.1, 0.15) is 19.3 Å². The summed E-state index contributed by atoms with van der Waals surface area (Å²) in [5.74, 6) is 0. The second-order valence-electron chi connectivity index (χ2n) is 3.55. The van der Waals surface area contributed by atoms with Gasteiger partial charge in [-0.15, -0.1) is 0 Å². The fourth-order valence-corrected chi connectivity index (χ4v) is 25.4. The van der Waals surface area contributed by atoms with Crippen LogP contribution in [0.15, 0.2) is 12.3 Å². The molecule has 5 heteroatoms. The van der Waals surface area contributed by atoms with Gasteiger partial charge in [-0.25, -0.2) is 0 Å². The van der Waals surface area contributed by atoms with Gasteiger partial charge in [0.2, 0.25) is 0 Å². The average Bonchev–Trinajstić information content (AvgIpc) is 2.74. The van der Waals surface area contributed by atoms with Crippen LogP contribution < -0.4 is 0 Å². The summed E-state index contributed by atoms with van der Waals surface area (Å²) >= 11 is 6.71. The Hall–Kier alpha value is 1.50. The van der Waals surface area contributed by atoms with Crippen molar-refractivity contribution in [2.24, 2.45) is 0 Å². The molecule has 2 heterocycles. The summed E-state index contributed by atoms with van der Waals surface area (Å²) in [6, 6.07) is 0. The van der Waals surface area contributed by atoms with Crippen LogP contribution in [0.25, 0.3) is 0 Å². The third-order valence-electron chi connectivity index (χ3n) is 2.43. The Morgan fingerprint density at radius 1 is 1.43 bits per heavy atom. The zero-order chi connectivity index (χ0) is 10.0. The van der Waals surface area contributed by atoms with Gasteiger partial charge in [-0.1, -0.05) is 0 Å². The van der Waals surface area contributed by atoms with Crippen LogP contribution in [-0.2, 0) is 0 Å². The first-order chi connectivity index (χ1) is 6.70. The van der Waals surface area contributed by atoms with Gasteiger partial charge in [-0.05, 0) is 0 Å². The molecule has 0 aromatic carbocycles. The SMILES string of the molecule is S=C(S[Te]1(I)CCCC1)N1C=CCC1. The van der Waals surface area contributed by atoms with E-state index in [1.54, 1.807) is 0 Å². The van der Waals surface area contributed by atoms with Crippen LogP contribution in [0.5, 0.6) is 0 Å². The second-order valence-corrected chi connectivity index (χ2v) is 32.2. The van der Waals surface area contributed by atoms with Crippen LogP contribution >= 0.6 is 39.9 Å². The number of thiocarbonyl (C=S) groups is 1. The van der Waals surface area contributed by atoms with E-state index in [2.05, 4.69) is 44.9 Å². The molecule has 0 unspecified atom stereocenters. The molecule has 2 rings (SSSR count). The molecule has 0 bridgehead atoms. The first-order valence-electron chi connectivity index (χ1n) is 4.85. The van der Waals surface area contributed by atoms with E-state index in [1.807, 2.05) is 0 Å². The van der Waals surface area contributed by atoms with Crippen molar-refractivity contribution in [2.75, 3.05) is 6.54 Å². The predicted molar refractivity (Wildman–Crippen MR) is 79.3 cm³/mol. The molecule has 0 saturated carbocycles. The van der Waals surface area contributed by atoms with E-state index in [4.69, 9.17) is 12.2 Å². The third-order valence-corrected chi connectivity index (χ3v) is 25.4. The molecule has 0 atom stereocenters. The summed E-state index contributed by atoms with van der Waals surface area (Å²) in [7, 11) is 2.09. The van der Waals surface area contributed by atoms with E-state index in [0.717, 1.165) is 10.9 Å². The fourth-order valence-electron chi connectivity index (χ4n) is 1.64. The van der Waals surface area contributed by atoms with Gasteiger partial charge < -0.3 is 0 Å². The van der Waals surface area contributed by atoms with E-state index in [9.17, 15) is 0 Å². The molecule has 0 aliphatic carbocycles. The summed E-state index contributed by atoms with van der Waals surface area (Å²) in [5.41, 5.74) is 0. The van der Waals surface area contributed by atoms with Crippen molar-refractivity contribution in [1.29, 1.82) is 0 Å². The zero-order valence-corrected chi connectivity index (χ0v) is 14.1. The van der Waals surface area contributed by atoms with Gasteiger partial charge in [0.1, 0.15) is 0 Å². The number of hydrogen-bond donors (Lipinski definition) is 0. The molecular formula is C9H14INS2Te. The number of rotatable bonds is 1. The third kappa shape index (κ3) is 3.00. The van der Waals surface area contributed by atoms with E-state index < -0.39 is 12.9 Å². The van der Waals surface area contributed by atoms with Crippen LogP contribution in [-0.4, -0.2) is 28.6 Å². The normalized spacial score (nSPS) is 26.8. The van der Waals surface area contributed by atoms with Gasteiger partial charge >= 0.3 is 109 Å². The maximum absolute atomic E-state index is 5.50. The molecule has 0 amide bonds. The standard InChI is InChI=1S/C9H14INS2Te/c10-14(7-3-4-8-14)13-9(12)11-5-1-2-6-11/h1,5H,2-4,6-8H2. The Kier molecular flexibility index (Phi) is 4.46. The molecule has 2 aliphatic heterocycles. The second kappa shape index (κ2) is 5.22. The minimum atomic E-state index is -1.58. The monoisotopic (exact) mass is 457 g/mol. The molecule has 14 heavy (non-hydrogen) atoms. The summed E-state index contributed by atoms with van der Waals surface area (Å²) in [6.07, 6.45) is 8.45. The van der Waals surface area contributed by atoms with Crippen LogP contribution in [0, 0.1) is 0 Å². The van der Waals surface area contributed by atoms with Gasteiger partial charge in [0.05, 0.1) is 0 Å². The summed E-state index contributed by atoms with van der Waals surface area (Å²) < 4.78 is 4.16. The van der Waals surface area contributed by atoms with Gasteiger partial charge in [-0.3, -0.25) is 0 Å². The topological polar surface area (TPSA) is 3.24 Å². The first kappa shape index (κ1) is 12.0. The fraction of sp³-hybridized carbons (Fsp3) is 0.667. The van der Waals surface area contributed by atoms with Crippen LogP contribution in [0.3, 0.4) is 0 Å². The number of halogens is 1. The number of hydrogen-bond acceptors (Lipinski definition) is 2. The van der Waals surface area contributed by atoms with Crippen molar-refractivity contribution in [1.82, 2.24) is 4.90 Å². The van der Waals surface area contributed by atoms with Crippen molar-refractivity contribution < 1.29 is 0 Å². The Morgan fingerprint density at radius 3 is 2.71 bits per heavy atom. The molecule has 0 spiro atoms. The van der Waals surface area contributed by atoms with E-state index in [-0.39, 0.29) is 0 Å². The first-order valence-corrected chi connectivity index (χ1v) is 18.9. The molecule has 0 N–H and O–H groups in total. The van der Waals surface area contributed by atoms with Crippen molar-refractivity contribution in [3.05, 3.63) is 12.3 Å². The molecule has 2 aliphatic rings. The molecule has 1 nitrogen and oxygen atoms in total. The zero-order valence-electron chi connectivity index (χ0n) is 7.95. The molecule has 0 radical (unpaired) electrons. The summed E-state index contributed by atoms with van der Waals surface area (Å²) in [5, 5.41) is 0. The van der Waals surface area contributed by atoms with Crippen LogP contribution in [0.2, 0.25) is 8.94 Å². The predicted octanol–water partition coefficient (Wildman–Crippen LogP) is 3.89. The quantitative estimate of drug-likeness (QED) is 0.336. The molecule has 1 fully saturated rings. The molecule has 0 aromatic rings. The van der Waals surface area contributed by atoms with Crippen LogP contribution in [0.4, 0.5) is 0 Å². The molecule has 1 saturated heterocycles. The Bertz CT molecular complexity index is 264. The van der Waals surface area contributed by atoms with Gasteiger partial charge in [0.25, 0.3) is 0 Å². The maximum atomic E-state index is 5.50. The Labute approximate surface area is 108 Å². The molecule has 0 aromatic heterocycles. The molecular weight excluding hydrogens is 441 g/mol. The van der Waals surface area contributed by atoms with E-state index >= 15 is 0 Å². The average molecular weight is 455 g/mol. The van der Waals surface area contributed by atoms with E-state index in [1.165, 1.54) is 28.2 Å². The summed E-state index contributed by atoms with van der Waals surface area (Å²) in [6.45, 7) is 1.11. The minimum absolute atomic E-state index is 1.11. The van der Waals surface area contributed by atoms with Crippen molar-refractivity contribution in [3.8, 4) is 0 Å². The van der Waals surface area contributed by atoms with Gasteiger partial charge in [-0.2, -0.15) is 0 Å². The van der Waals surface area contributed by atoms with Crippen molar-refractivity contribution in [3.63, 3.8) is 0 Å². The Morgan fingerprint density at radius 2 is 2.14 bits per heavy atom. The number of nitrogens with zero attached hydrogens (tertiary/aromatic N) is 1. The van der Waals surface area contributed by atoms with Gasteiger partial charge in [0.15, 0.2) is 0 Å². The van der Waals surface area contributed by atoms with Crippen molar-refractivity contribution in [2.45, 2.75) is 28.2 Å².